The lowest BCUT2D eigenvalue weighted by molar-refractivity contribution is -0.114. The van der Waals surface area contributed by atoms with E-state index in [1.165, 1.54) is 0 Å². The number of carbonyl (C=O) groups excluding carboxylic acids is 2. The van der Waals surface area contributed by atoms with Crippen molar-refractivity contribution in [3.05, 3.63) is 94.5 Å². The molecule has 0 bridgehead atoms. The van der Waals surface area contributed by atoms with Gasteiger partial charge in [-0.25, -0.2) is 0 Å². The third-order valence-corrected chi connectivity index (χ3v) is 5.17. The Kier molecular flexibility index (Phi) is 7.09. The summed E-state index contributed by atoms with van der Waals surface area (Å²) in [4.78, 5) is 24.9. The Morgan fingerprint density at radius 3 is 2.47 bits per heavy atom. The Bertz CT molecular complexity index is 1040. The van der Waals surface area contributed by atoms with Crippen LogP contribution in [-0.2, 0) is 4.79 Å². The molecule has 0 aliphatic heterocycles. The first-order chi connectivity index (χ1) is 14.4. The van der Waals surface area contributed by atoms with Gasteiger partial charge in [0.2, 0.25) is 5.91 Å². The Morgan fingerprint density at radius 1 is 0.967 bits per heavy atom. The second kappa shape index (κ2) is 9.94. The maximum atomic E-state index is 12.6. The molecule has 0 saturated carbocycles. The van der Waals surface area contributed by atoms with Crippen LogP contribution in [0.5, 0.6) is 0 Å². The minimum Gasteiger partial charge on any atom is -0.376 e. The van der Waals surface area contributed by atoms with Crippen LogP contribution in [0.1, 0.15) is 34.5 Å². The average molecular weight is 422 g/mol. The predicted molar refractivity (Wildman–Crippen MR) is 122 cm³/mol. The van der Waals surface area contributed by atoms with Crippen molar-refractivity contribution in [1.29, 1.82) is 0 Å². The molecule has 2 amide bonds. The van der Waals surface area contributed by atoms with Crippen LogP contribution in [0.15, 0.2) is 72.8 Å². The van der Waals surface area contributed by atoms with Gasteiger partial charge in [0.1, 0.15) is 0 Å². The summed E-state index contributed by atoms with van der Waals surface area (Å²) in [6.45, 7) is 3.91. The molecule has 6 heteroatoms. The van der Waals surface area contributed by atoms with E-state index in [2.05, 4.69) is 16.0 Å². The highest BCUT2D eigenvalue weighted by Crippen LogP contribution is 2.22. The molecule has 1 atom stereocenters. The van der Waals surface area contributed by atoms with Gasteiger partial charge in [0, 0.05) is 22.0 Å². The van der Waals surface area contributed by atoms with Crippen LogP contribution in [0.2, 0.25) is 5.02 Å². The first kappa shape index (κ1) is 21.4. The maximum absolute atomic E-state index is 12.6. The highest BCUT2D eigenvalue weighted by molar-refractivity contribution is 6.31. The molecular formula is C24H24ClN3O2. The van der Waals surface area contributed by atoms with Gasteiger partial charge in [0.05, 0.1) is 12.6 Å². The van der Waals surface area contributed by atoms with Gasteiger partial charge in [-0.1, -0.05) is 54.1 Å². The Labute approximate surface area is 181 Å². The van der Waals surface area contributed by atoms with Gasteiger partial charge in [0.15, 0.2) is 0 Å². The van der Waals surface area contributed by atoms with Crippen LogP contribution in [0.25, 0.3) is 0 Å². The van der Waals surface area contributed by atoms with Gasteiger partial charge < -0.3 is 16.0 Å². The lowest BCUT2D eigenvalue weighted by Gasteiger charge is -2.15. The zero-order chi connectivity index (χ0) is 21.5. The smallest absolute Gasteiger partial charge is 0.251 e. The molecule has 3 aromatic rings. The minimum absolute atomic E-state index is 0.0860. The summed E-state index contributed by atoms with van der Waals surface area (Å²) in [5, 5.41) is 9.51. The summed E-state index contributed by atoms with van der Waals surface area (Å²) in [5.41, 5.74) is 3.76. The zero-order valence-corrected chi connectivity index (χ0v) is 17.7. The highest BCUT2D eigenvalue weighted by atomic mass is 35.5. The maximum Gasteiger partial charge on any atom is 0.251 e. The van der Waals surface area contributed by atoms with Crippen LogP contribution < -0.4 is 16.0 Å². The standard InChI is InChI=1S/C24H24ClN3O2/c1-16-21(25)12-7-13-22(16)26-15-23(29)28-20-11-6-10-19(14-20)24(30)27-17(2)18-8-4-3-5-9-18/h3-14,17,26H,15H2,1-2H3,(H,27,30)(H,28,29). The van der Waals surface area contributed by atoms with Gasteiger partial charge in [-0.15, -0.1) is 0 Å². The molecule has 0 aromatic heterocycles. The number of hydrogen-bond acceptors (Lipinski definition) is 3. The van der Waals surface area contributed by atoms with E-state index in [0.29, 0.717) is 16.3 Å². The molecule has 3 aromatic carbocycles. The van der Waals surface area contributed by atoms with Crippen LogP contribution in [-0.4, -0.2) is 18.4 Å². The van der Waals surface area contributed by atoms with E-state index in [0.717, 1.165) is 16.8 Å². The highest BCUT2D eigenvalue weighted by Gasteiger charge is 2.12. The van der Waals surface area contributed by atoms with Crippen molar-refractivity contribution >= 4 is 34.8 Å². The fraction of sp³-hybridized carbons (Fsp3) is 0.167. The molecule has 0 aliphatic rings. The summed E-state index contributed by atoms with van der Waals surface area (Å²) < 4.78 is 0. The summed E-state index contributed by atoms with van der Waals surface area (Å²) in [6.07, 6.45) is 0. The summed E-state index contributed by atoms with van der Waals surface area (Å²) in [5.74, 6) is -0.417. The number of carbonyl (C=O) groups is 2. The normalized spacial score (nSPS) is 11.4. The van der Waals surface area contributed by atoms with Gasteiger partial charge in [-0.05, 0) is 55.3 Å². The first-order valence-electron chi connectivity index (χ1n) is 9.69. The van der Waals surface area contributed by atoms with Crippen molar-refractivity contribution in [2.24, 2.45) is 0 Å². The number of nitrogens with one attached hydrogen (secondary N) is 3. The predicted octanol–water partition coefficient (Wildman–Crippen LogP) is 5.19. The van der Waals surface area contributed by atoms with Crippen molar-refractivity contribution in [1.82, 2.24) is 5.32 Å². The number of benzene rings is 3. The molecule has 3 N–H and O–H groups in total. The van der Waals surface area contributed by atoms with Gasteiger partial charge in [0.25, 0.3) is 5.91 Å². The van der Waals surface area contributed by atoms with Gasteiger partial charge in [-0.3, -0.25) is 9.59 Å². The van der Waals surface area contributed by atoms with Crippen molar-refractivity contribution in [3.8, 4) is 0 Å². The molecule has 0 fully saturated rings. The SMILES string of the molecule is Cc1c(Cl)cccc1NCC(=O)Nc1cccc(C(=O)NC(C)c2ccccc2)c1. The summed E-state index contributed by atoms with van der Waals surface area (Å²) in [6, 6.07) is 22.0. The monoisotopic (exact) mass is 421 g/mol. The van der Waals surface area contributed by atoms with E-state index in [-0.39, 0.29) is 24.4 Å². The van der Waals surface area contributed by atoms with E-state index >= 15 is 0 Å². The molecular weight excluding hydrogens is 398 g/mol. The number of anilines is 2. The molecule has 0 aliphatic carbocycles. The number of halogens is 1. The van der Waals surface area contributed by atoms with E-state index in [1.54, 1.807) is 30.3 Å². The Morgan fingerprint density at radius 2 is 1.70 bits per heavy atom. The van der Waals surface area contributed by atoms with Crippen LogP contribution >= 0.6 is 11.6 Å². The fourth-order valence-corrected chi connectivity index (χ4v) is 3.20. The Balaban J connectivity index is 1.58. The molecule has 0 radical (unpaired) electrons. The van der Waals surface area contributed by atoms with Gasteiger partial charge >= 0.3 is 0 Å². The fourth-order valence-electron chi connectivity index (χ4n) is 3.02. The second-order valence-electron chi connectivity index (χ2n) is 7.00. The summed E-state index contributed by atoms with van der Waals surface area (Å²) >= 11 is 6.10. The van der Waals surface area contributed by atoms with Crippen LogP contribution in [0.3, 0.4) is 0 Å². The molecule has 5 nitrogen and oxygen atoms in total. The lowest BCUT2D eigenvalue weighted by Crippen LogP contribution is -2.27. The largest absolute Gasteiger partial charge is 0.376 e. The van der Waals surface area contributed by atoms with E-state index in [1.807, 2.05) is 56.3 Å². The van der Waals surface area contributed by atoms with Crippen molar-refractivity contribution in [3.63, 3.8) is 0 Å². The average Bonchev–Trinajstić information content (AvgIpc) is 2.75. The molecule has 0 saturated heterocycles. The van der Waals surface area contributed by atoms with Crippen LogP contribution in [0.4, 0.5) is 11.4 Å². The molecule has 0 heterocycles. The molecule has 1 unspecified atom stereocenters. The molecule has 0 spiro atoms. The number of rotatable bonds is 7. The van der Waals surface area contributed by atoms with E-state index in [9.17, 15) is 9.59 Å². The van der Waals surface area contributed by atoms with Crippen molar-refractivity contribution in [2.75, 3.05) is 17.2 Å². The topological polar surface area (TPSA) is 70.2 Å². The lowest BCUT2D eigenvalue weighted by atomic mass is 10.1. The first-order valence-corrected chi connectivity index (χ1v) is 10.1. The summed E-state index contributed by atoms with van der Waals surface area (Å²) in [7, 11) is 0. The molecule has 30 heavy (non-hydrogen) atoms. The minimum atomic E-state index is -0.218. The Hall–Kier alpha value is -3.31. The third kappa shape index (κ3) is 5.61. The second-order valence-corrected chi connectivity index (χ2v) is 7.41. The zero-order valence-electron chi connectivity index (χ0n) is 16.9. The van der Waals surface area contributed by atoms with Gasteiger partial charge in [-0.2, -0.15) is 0 Å². The van der Waals surface area contributed by atoms with E-state index in [4.69, 9.17) is 11.6 Å². The quantitative estimate of drug-likeness (QED) is 0.491. The van der Waals surface area contributed by atoms with Crippen molar-refractivity contribution in [2.45, 2.75) is 19.9 Å². The number of amides is 2. The molecule has 154 valence electrons. The number of hydrogen-bond donors (Lipinski definition) is 3. The third-order valence-electron chi connectivity index (χ3n) is 4.76. The van der Waals surface area contributed by atoms with Crippen molar-refractivity contribution < 1.29 is 9.59 Å². The molecule has 3 rings (SSSR count). The van der Waals surface area contributed by atoms with Crippen LogP contribution in [0, 0.1) is 6.92 Å². The van der Waals surface area contributed by atoms with E-state index < -0.39 is 0 Å².